The van der Waals surface area contributed by atoms with Gasteiger partial charge in [0.15, 0.2) is 0 Å². The van der Waals surface area contributed by atoms with Gasteiger partial charge in [-0.1, -0.05) is 60.7 Å². The molecular weight excluding hydrogens is 264 g/mol. The summed E-state index contributed by atoms with van der Waals surface area (Å²) < 4.78 is 0. The van der Waals surface area contributed by atoms with Crippen LogP contribution in [0.25, 0.3) is 6.08 Å². The molecule has 0 bridgehead atoms. The molecule has 0 fully saturated rings. The quantitative estimate of drug-likeness (QED) is 0.692. The molecule has 0 saturated carbocycles. The van der Waals surface area contributed by atoms with Crippen LogP contribution in [0.3, 0.4) is 0 Å². The molecule has 0 amide bonds. The van der Waals surface area contributed by atoms with E-state index in [1.807, 2.05) is 66.7 Å². The number of hydrogen-bond acceptors (Lipinski definition) is 3. The molecule has 0 aromatic heterocycles. The first-order valence-electron chi connectivity index (χ1n) is 6.95. The number of nitrogens with zero attached hydrogens (tertiary/aromatic N) is 1. The lowest BCUT2D eigenvalue weighted by molar-refractivity contribution is -0.522. The lowest BCUT2D eigenvalue weighted by atomic mass is 9.93. The fourth-order valence-corrected chi connectivity index (χ4v) is 2.63. The first-order chi connectivity index (χ1) is 10.2. The summed E-state index contributed by atoms with van der Waals surface area (Å²) >= 11 is 0. The highest BCUT2D eigenvalue weighted by atomic mass is 16.6. The maximum atomic E-state index is 11.3. The molecule has 106 valence electrons. The molecular formula is C17H16N2O2. The maximum Gasteiger partial charge on any atom is 0.240 e. The van der Waals surface area contributed by atoms with Crippen molar-refractivity contribution >= 4 is 11.8 Å². The van der Waals surface area contributed by atoms with Gasteiger partial charge in [0, 0.05) is 17.0 Å². The average Bonchev–Trinajstić information content (AvgIpc) is 2.53. The van der Waals surface area contributed by atoms with E-state index in [4.69, 9.17) is 0 Å². The van der Waals surface area contributed by atoms with Crippen molar-refractivity contribution in [3.05, 3.63) is 81.9 Å². The Hall–Kier alpha value is -2.62. The zero-order valence-corrected chi connectivity index (χ0v) is 11.5. The summed E-state index contributed by atoms with van der Waals surface area (Å²) in [5.74, 6) is 0. The molecule has 1 aliphatic heterocycles. The van der Waals surface area contributed by atoms with E-state index in [0.717, 1.165) is 16.8 Å². The Kier molecular flexibility index (Phi) is 3.69. The van der Waals surface area contributed by atoms with Crippen molar-refractivity contribution in [3.8, 4) is 0 Å². The second kappa shape index (κ2) is 5.79. The summed E-state index contributed by atoms with van der Waals surface area (Å²) in [6.07, 6.45) is 4.28. The van der Waals surface area contributed by atoms with Crippen molar-refractivity contribution in [2.75, 3.05) is 5.32 Å². The average molecular weight is 280 g/mol. The number of para-hydroxylation sites is 1. The summed E-state index contributed by atoms with van der Waals surface area (Å²) in [4.78, 5) is 11.1. The van der Waals surface area contributed by atoms with Gasteiger partial charge in [-0.15, -0.1) is 0 Å². The second-order valence-corrected chi connectivity index (χ2v) is 5.15. The number of benzene rings is 2. The van der Waals surface area contributed by atoms with Gasteiger partial charge in [-0.05, 0) is 17.2 Å². The highest BCUT2D eigenvalue weighted by Gasteiger charge is 2.34. The fourth-order valence-electron chi connectivity index (χ4n) is 2.63. The van der Waals surface area contributed by atoms with Gasteiger partial charge in [-0.25, -0.2) is 0 Å². The van der Waals surface area contributed by atoms with E-state index in [-0.39, 0.29) is 11.0 Å². The van der Waals surface area contributed by atoms with Crippen LogP contribution in [0.4, 0.5) is 5.69 Å². The maximum absolute atomic E-state index is 11.3. The van der Waals surface area contributed by atoms with Crippen LogP contribution >= 0.6 is 0 Å². The van der Waals surface area contributed by atoms with E-state index in [2.05, 4.69) is 5.32 Å². The molecule has 2 atom stereocenters. The largest absolute Gasteiger partial charge is 0.372 e. The van der Waals surface area contributed by atoms with Crippen LogP contribution in [0.5, 0.6) is 0 Å². The fraction of sp³-hybridized carbons (Fsp3) is 0.176. The molecule has 0 saturated heterocycles. The topological polar surface area (TPSA) is 55.2 Å². The minimum Gasteiger partial charge on any atom is -0.372 e. The van der Waals surface area contributed by atoms with Crippen molar-refractivity contribution in [1.82, 2.24) is 0 Å². The SMILES string of the molecule is O=[N+]([O-])[C@H]1Cc2ccccc2N[C@H]1/C=C/c1ccccc1. The van der Waals surface area contributed by atoms with E-state index in [0.29, 0.717) is 6.42 Å². The molecule has 1 heterocycles. The van der Waals surface area contributed by atoms with Gasteiger partial charge in [0.1, 0.15) is 6.04 Å². The van der Waals surface area contributed by atoms with E-state index < -0.39 is 6.04 Å². The van der Waals surface area contributed by atoms with Gasteiger partial charge in [0.2, 0.25) is 6.04 Å². The van der Waals surface area contributed by atoms with Crippen molar-refractivity contribution < 1.29 is 4.92 Å². The van der Waals surface area contributed by atoms with Gasteiger partial charge in [0.25, 0.3) is 0 Å². The monoisotopic (exact) mass is 280 g/mol. The molecule has 0 aliphatic carbocycles. The summed E-state index contributed by atoms with van der Waals surface area (Å²) in [5, 5.41) is 14.6. The lowest BCUT2D eigenvalue weighted by Gasteiger charge is -2.27. The van der Waals surface area contributed by atoms with Crippen molar-refractivity contribution in [2.45, 2.75) is 18.5 Å². The molecule has 0 unspecified atom stereocenters. The smallest absolute Gasteiger partial charge is 0.240 e. The zero-order valence-electron chi connectivity index (χ0n) is 11.5. The van der Waals surface area contributed by atoms with Crippen LogP contribution in [0.2, 0.25) is 0 Å². The van der Waals surface area contributed by atoms with Crippen molar-refractivity contribution in [2.24, 2.45) is 0 Å². The molecule has 0 spiro atoms. The molecule has 2 aromatic carbocycles. The summed E-state index contributed by atoms with van der Waals surface area (Å²) in [5.41, 5.74) is 3.03. The molecule has 21 heavy (non-hydrogen) atoms. The highest BCUT2D eigenvalue weighted by Crippen LogP contribution is 2.26. The van der Waals surface area contributed by atoms with Crippen molar-refractivity contribution in [1.29, 1.82) is 0 Å². The van der Waals surface area contributed by atoms with Gasteiger partial charge in [-0.2, -0.15) is 0 Å². The van der Waals surface area contributed by atoms with Crippen LogP contribution in [0.15, 0.2) is 60.7 Å². The molecule has 3 rings (SSSR count). The Labute approximate surface area is 123 Å². The normalized spacial score (nSPS) is 20.8. The van der Waals surface area contributed by atoms with E-state index in [9.17, 15) is 10.1 Å². The van der Waals surface area contributed by atoms with Crippen LogP contribution < -0.4 is 5.32 Å². The van der Waals surface area contributed by atoms with Crippen LogP contribution in [-0.2, 0) is 6.42 Å². The van der Waals surface area contributed by atoms with Gasteiger partial charge in [0.05, 0.1) is 0 Å². The minimum atomic E-state index is -0.639. The minimum absolute atomic E-state index is 0.192. The standard InChI is InChI=1S/C17H16N2O2/c20-19(21)17-12-14-8-4-5-9-15(14)18-16(17)11-10-13-6-2-1-3-7-13/h1-11,16-18H,12H2/b11-10+/t16-,17-/m0/s1. The molecule has 4 heteroatoms. The summed E-state index contributed by atoms with van der Waals surface area (Å²) in [6, 6.07) is 16.6. The molecule has 2 aromatic rings. The molecule has 0 radical (unpaired) electrons. The van der Waals surface area contributed by atoms with E-state index >= 15 is 0 Å². The van der Waals surface area contributed by atoms with Crippen LogP contribution in [-0.4, -0.2) is 17.0 Å². The van der Waals surface area contributed by atoms with Gasteiger partial charge < -0.3 is 5.32 Å². The third kappa shape index (κ3) is 2.94. The lowest BCUT2D eigenvalue weighted by Crippen LogP contribution is -2.43. The summed E-state index contributed by atoms with van der Waals surface area (Å²) in [6.45, 7) is 0. The second-order valence-electron chi connectivity index (χ2n) is 5.15. The van der Waals surface area contributed by atoms with E-state index in [1.165, 1.54) is 0 Å². The van der Waals surface area contributed by atoms with Gasteiger partial charge >= 0.3 is 0 Å². The predicted octanol–water partition coefficient (Wildman–Crippen LogP) is 3.38. The number of fused-ring (bicyclic) bond motifs is 1. The number of nitrogens with one attached hydrogen (secondary N) is 1. The summed E-state index contributed by atoms with van der Waals surface area (Å²) in [7, 11) is 0. The van der Waals surface area contributed by atoms with E-state index in [1.54, 1.807) is 0 Å². The Morgan fingerprint density at radius 3 is 2.57 bits per heavy atom. The Bertz CT molecular complexity index is 668. The highest BCUT2D eigenvalue weighted by molar-refractivity contribution is 5.58. The third-order valence-corrected chi connectivity index (χ3v) is 3.75. The van der Waals surface area contributed by atoms with Crippen molar-refractivity contribution in [3.63, 3.8) is 0 Å². The Morgan fingerprint density at radius 1 is 1.10 bits per heavy atom. The van der Waals surface area contributed by atoms with Crippen LogP contribution in [0.1, 0.15) is 11.1 Å². The third-order valence-electron chi connectivity index (χ3n) is 3.75. The number of rotatable bonds is 3. The molecule has 1 N–H and O–H groups in total. The van der Waals surface area contributed by atoms with Gasteiger partial charge in [-0.3, -0.25) is 10.1 Å². The Morgan fingerprint density at radius 2 is 1.81 bits per heavy atom. The number of hydrogen-bond donors (Lipinski definition) is 1. The molecule has 1 aliphatic rings. The Balaban J connectivity index is 1.86. The first kappa shape index (κ1) is 13.4. The zero-order chi connectivity index (χ0) is 14.7. The van der Waals surface area contributed by atoms with Crippen LogP contribution in [0, 0.1) is 10.1 Å². The molecule has 4 nitrogen and oxygen atoms in total. The number of nitro groups is 1. The number of anilines is 1. The first-order valence-corrected chi connectivity index (χ1v) is 6.95. The predicted molar refractivity (Wildman–Crippen MR) is 83.8 cm³/mol.